The van der Waals surface area contributed by atoms with Gasteiger partial charge in [-0.1, -0.05) is 39.0 Å². The molecule has 3 heterocycles. The van der Waals surface area contributed by atoms with Crippen molar-refractivity contribution in [1.82, 2.24) is 19.7 Å². The zero-order valence-corrected chi connectivity index (χ0v) is 25.6. The Balaban J connectivity index is 1.21. The molecule has 0 unspecified atom stereocenters. The van der Waals surface area contributed by atoms with E-state index in [1.165, 1.54) is 0 Å². The van der Waals surface area contributed by atoms with Gasteiger partial charge in [0.2, 0.25) is 0 Å². The molecule has 0 radical (unpaired) electrons. The summed E-state index contributed by atoms with van der Waals surface area (Å²) in [6.07, 6.45) is 4.33. The van der Waals surface area contributed by atoms with Crippen LogP contribution in [0.5, 0.6) is 5.75 Å². The Morgan fingerprint density at radius 3 is 2.33 bits per heavy atom. The molecule has 0 atom stereocenters. The Bertz CT molecular complexity index is 1620. The van der Waals surface area contributed by atoms with Crippen LogP contribution >= 0.6 is 0 Å². The molecule has 10 nitrogen and oxygen atoms in total. The molecule has 1 aliphatic rings. The van der Waals surface area contributed by atoms with Crippen molar-refractivity contribution in [2.24, 2.45) is 0 Å². The number of nitrogens with one attached hydrogen (secondary N) is 2. The van der Waals surface area contributed by atoms with Gasteiger partial charge in [0.15, 0.2) is 9.84 Å². The molecule has 2 aromatic heterocycles. The van der Waals surface area contributed by atoms with Gasteiger partial charge in [0.1, 0.15) is 11.6 Å². The van der Waals surface area contributed by atoms with E-state index in [0.29, 0.717) is 37.7 Å². The molecule has 226 valence electrons. The van der Waals surface area contributed by atoms with Gasteiger partial charge < -0.3 is 10.1 Å². The molecule has 0 aliphatic carbocycles. The molecule has 4 aromatic rings. The zero-order valence-electron chi connectivity index (χ0n) is 24.8. The van der Waals surface area contributed by atoms with Gasteiger partial charge in [-0.2, -0.15) is 5.10 Å². The van der Waals surface area contributed by atoms with Crippen LogP contribution in [-0.2, 0) is 28.2 Å². The fraction of sp³-hybridized carbons (Fsp3) is 0.344. The zero-order chi connectivity index (χ0) is 30.5. The number of ether oxygens (including phenoxy) is 1. The quantitative estimate of drug-likeness (QED) is 0.275. The Labute approximate surface area is 253 Å². The number of rotatable bonds is 9. The monoisotopic (exact) mass is 602 g/mol. The average Bonchev–Trinajstić information content (AvgIpc) is 3.40. The van der Waals surface area contributed by atoms with E-state index in [2.05, 4.69) is 41.3 Å². The highest BCUT2D eigenvalue weighted by molar-refractivity contribution is 7.91. The van der Waals surface area contributed by atoms with Crippen LogP contribution in [-0.4, -0.2) is 65.3 Å². The van der Waals surface area contributed by atoms with Gasteiger partial charge in [-0.05, 0) is 53.6 Å². The number of carbonyl (C=O) groups is 1. The number of sulfone groups is 1. The van der Waals surface area contributed by atoms with Gasteiger partial charge in [-0.3, -0.25) is 15.2 Å². The second kappa shape index (κ2) is 13.0. The lowest BCUT2D eigenvalue weighted by Crippen LogP contribution is -2.39. The van der Waals surface area contributed by atoms with E-state index in [9.17, 15) is 13.2 Å². The minimum atomic E-state index is -2.91. The number of hydrogen-bond donors (Lipinski definition) is 2. The third kappa shape index (κ3) is 8.42. The van der Waals surface area contributed by atoms with Crippen LogP contribution < -0.4 is 15.4 Å². The Hall–Kier alpha value is -4.22. The standard InChI is InChI=1S/C32H38N6O4S/c1-32(2,3)29-21-30(38(36-29)27-10-6-25(7-11-27)23-37-16-19-43(40,41)20-17-37)35-31(39)34-26-8-12-28(13-9-26)42-18-14-24-5-4-15-33-22-24/h4-13,15,21-22H,14,16-20,23H2,1-3H3,(H2,34,35,39). The second-order valence-corrected chi connectivity index (χ2v) is 14.0. The number of benzene rings is 2. The van der Waals surface area contributed by atoms with Crippen molar-refractivity contribution in [3.63, 3.8) is 0 Å². The number of hydrogen-bond acceptors (Lipinski definition) is 7. The topological polar surface area (TPSA) is 118 Å². The maximum Gasteiger partial charge on any atom is 0.324 e. The Morgan fingerprint density at radius 1 is 0.953 bits per heavy atom. The van der Waals surface area contributed by atoms with Gasteiger partial charge in [0.25, 0.3) is 0 Å². The lowest BCUT2D eigenvalue weighted by molar-refractivity contribution is 0.262. The van der Waals surface area contributed by atoms with E-state index in [1.54, 1.807) is 23.0 Å². The van der Waals surface area contributed by atoms with Crippen molar-refractivity contribution in [3.05, 3.63) is 95.9 Å². The summed E-state index contributed by atoms with van der Waals surface area (Å²) in [5, 5.41) is 10.6. The minimum absolute atomic E-state index is 0.204. The second-order valence-electron chi connectivity index (χ2n) is 11.7. The first-order chi connectivity index (χ1) is 20.5. The van der Waals surface area contributed by atoms with Crippen LogP contribution in [0.1, 0.15) is 37.6 Å². The van der Waals surface area contributed by atoms with Crippen LogP contribution in [0.2, 0.25) is 0 Å². The van der Waals surface area contributed by atoms with Crippen LogP contribution in [0, 0.1) is 0 Å². The first-order valence-corrected chi connectivity index (χ1v) is 16.2. The summed E-state index contributed by atoms with van der Waals surface area (Å²) >= 11 is 0. The molecular formula is C32H38N6O4S. The molecule has 11 heteroatoms. The Morgan fingerprint density at radius 2 is 1.67 bits per heavy atom. The number of aromatic nitrogens is 3. The van der Waals surface area contributed by atoms with E-state index in [1.807, 2.05) is 60.8 Å². The molecule has 1 saturated heterocycles. The molecular weight excluding hydrogens is 564 g/mol. The SMILES string of the molecule is CC(C)(C)c1cc(NC(=O)Nc2ccc(OCCc3cccnc3)cc2)n(-c2ccc(CN3CCS(=O)(=O)CC3)cc2)n1. The molecule has 2 aromatic carbocycles. The summed E-state index contributed by atoms with van der Waals surface area (Å²) in [5.41, 5.74) is 4.26. The average molecular weight is 603 g/mol. The molecule has 1 fully saturated rings. The van der Waals surface area contributed by atoms with Gasteiger partial charge in [-0.15, -0.1) is 0 Å². The summed E-state index contributed by atoms with van der Waals surface area (Å²) in [7, 11) is -2.91. The highest BCUT2D eigenvalue weighted by Gasteiger charge is 2.23. The lowest BCUT2D eigenvalue weighted by atomic mass is 9.92. The third-order valence-corrected chi connectivity index (χ3v) is 8.85. The predicted molar refractivity (Wildman–Crippen MR) is 169 cm³/mol. The van der Waals surface area contributed by atoms with Crippen molar-refractivity contribution in [3.8, 4) is 11.4 Å². The molecule has 0 spiro atoms. The van der Waals surface area contributed by atoms with Gasteiger partial charge in [0.05, 0.1) is 29.5 Å². The first-order valence-electron chi connectivity index (χ1n) is 14.4. The largest absolute Gasteiger partial charge is 0.493 e. The summed E-state index contributed by atoms with van der Waals surface area (Å²) in [6.45, 7) is 8.53. The van der Waals surface area contributed by atoms with Crippen molar-refractivity contribution in [2.45, 2.75) is 39.2 Å². The molecule has 2 N–H and O–H groups in total. The lowest BCUT2D eigenvalue weighted by Gasteiger charge is -2.26. The smallest absolute Gasteiger partial charge is 0.324 e. The Kier molecular flexibility index (Phi) is 9.12. The van der Waals surface area contributed by atoms with Crippen LogP contribution in [0.4, 0.5) is 16.3 Å². The van der Waals surface area contributed by atoms with Gasteiger partial charge in [0, 0.05) is 55.6 Å². The number of carbonyl (C=O) groups excluding carboxylic acids is 1. The normalized spacial score (nSPS) is 15.1. The maximum absolute atomic E-state index is 13.0. The van der Waals surface area contributed by atoms with Crippen LogP contribution in [0.3, 0.4) is 0 Å². The molecule has 43 heavy (non-hydrogen) atoms. The summed E-state index contributed by atoms with van der Waals surface area (Å²) in [6, 6.07) is 20.6. The molecule has 0 saturated carbocycles. The van der Waals surface area contributed by atoms with E-state index in [4.69, 9.17) is 9.84 Å². The molecule has 0 bridgehead atoms. The van der Waals surface area contributed by atoms with Crippen molar-refractivity contribution in [1.29, 1.82) is 0 Å². The third-order valence-electron chi connectivity index (χ3n) is 7.24. The number of nitrogens with zero attached hydrogens (tertiary/aromatic N) is 4. The van der Waals surface area contributed by atoms with Crippen molar-refractivity contribution < 1.29 is 17.9 Å². The first kappa shape index (κ1) is 30.2. The molecule has 5 rings (SSSR count). The highest BCUT2D eigenvalue weighted by Crippen LogP contribution is 2.27. The van der Waals surface area contributed by atoms with E-state index in [0.717, 1.165) is 34.7 Å². The van der Waals surface area contributed by atoms with E-state index in [-0.39, 0.29) is 23.0 Å². The fourth-order valence-corrected chi connectivity index (χ4v) is 5.97. The predicted octanol–water partition coefficient (Wildman–Crippen LogP) is 5.06. The van der Waals surface area contributed by atoms with Crippen molar-refractivity contribution >= 4 is 27.4 Å². The summed E-state index contributed by atoms with van der Waals surface area (Å²) < 4.78 is 31.1. The van der Waals surface area contributed by atoms with Crippen LogP contribution in [0.25, 0.3) is 5.69 Å². The highest BCUT2D eigenvalue weighted by atomic mass is 32.2. The minimum Gasteiger partial charge on any atom is -0.493 e. The number of amides is 2. The number of pyridine rings is 1. The number of anilines is 2. The van der Waals surface area contributed by atoms with Gasteiger partial charge in [-0.25, -0.2) is 17.9 Å². The van der Waals surface area contributed by atoms with E-state index < -0.39 is 9.84 Å². The van der Waals surface area contributed by atoms with E-state index >= 15 is 0 Å². The maximum atomic E-state index is 13.0. The summed E-state index contributed by atoms with van der Waals surface area (Å²) in [4.78, 5) is 19.3. The number of urea groups is 1. The fourth-order valence-electron chi connectivity index (χ4n) is 4.69. The summed E-state index contributed by atoms with van der Waals surface area (Å²) in [5.74, 6) is 1.68. The van der Waals surface area contributed by atoms with Gasteiger partial charge >= 0.3 is 6.03 Å². The van der Waals surface area contributed by atoms with Crippen LogP contribution in [0.15, 0.2) is 79.1 Å². The molecule has 1 aliphatic heterocycles. The van der Waals surface area contributed by atoms with Crippen molar-refractivity contribution in [2.75, 3.05) is 41.8 Å². The molecule has 2 amide bonds.